The van der Waals surface area contributed by atoms with Gasteiger partial charge in [-0.05, 0) is 44.9 Å². The van der Waals surface area contributed by atoms with Crippen molar-refractivity contribution >= 4 is 17.9 Å². The first-order valence-electron chi connectivity index (χ1n) is 21.8. The Kier molecular flexibility index (Phi) is 35.9. The SMILES string of the molecule is CC/C=C/C/C=C/C/C=C/C/C=C/C/C=C/CCC(=O)OC(COCCC(C(=O)[O-])[N+](C)(C)C)COC(=O)CCCCCCCCCCCCCCCCC. The van der Waals surface area contributed by atoms with Crippen LogP contribution in [0.1, 0.15) is 168 Å². The Morgan fingerprint density at radius 1 is 0.564 bits per heavy atom. The lowest BCUT2D eigenvalue weighted by atomic mass is 10.0. The van der Waals surface area contributed by atoms with Crippen LogP contribution in [0.25, 0.3) is 0 Å². The maximum absolute atomic E-state index is 12.7. The van der Waals surface area contributed by atoms with E-state index in [0.29, 0.717) is 12.8 Å². The van der Waals surface area contributed by atoms with Gasteiger partial charge in [-0.3, -0.25) is 9.59 Å². The summed E-state index contributed by atoms with van der Waals surface area (Å²) in [6.07, 6.45) is 45.4. The van der Waals surface area contributed by atoms with Crippen LogP contribution in [0.3, 0.4) is 0 Å². The van der Waals surface area contributed by atoms with Crippen LogP contribution in [-0.2, 0) is 28.6 Å². The van der Waals surface area contributed by atoms with Crippen LogP contribution in [0.4, 0.5) is 0 Å². The van der Waals surface area contributed by atoms with Crippen molar-refractivity contribution in [1.29, 1.82) is 0 Å². The second-order valence-corrected chi connectivity index (χ2v) is 15.6. The number of quaternary nitrogens is 1. The highest BCUT2D eigenvalue weighted by Crippen LogP contribution is 2.14. The number of likely N-dealkylation sites (N-methyl/N-ethyl adjacent to an activating group) is 1. The number of allylic oxidation sites excluding steroid dienone is 10. The Morgan fingerprint density at radius 3 is 1.47 bits per heavy atom. The summed E-state index contributed by atoms with van der Waals surface area (Å²) in [6, 6.07) is -0.739. The molecule has 55 heavy (non-hydrogen) atoms. The minimum atomic E-state index is -1.14. The number of nitrogens with zero attached hydrogens (tertiary/aromatic N) is 1. The van der Waals surface area contributed by atoms with Crippen molar-refractivity contribution < 1.29 is 38.2 Å². The molecule has 0 aliphatic rings. The fourth-order valence-electron chi connectivity index (χ4n) is 6.06. The highest BCUT2D eigenvalue weighted by molar-refractivity contribution is 5.70. The molecule has 0 fully saturated rings. The van der Waals surface area contributed by atoms with Gasteiger partial charge >= 0.3 is 11.9 Å². The van der Waals surface area contributed by atoms with E-state index in [-0.39, 0.29) is 43.1 Å². The maximum atomic E-state index is 12.7. The van der Waals surface area contributed by atoms with Crippen LogP contribution in [0.5, 0.6) is 0 Å². The van der Waals surface area contributed by atoms with Crippen molar-refractivity contribution in [3.05, 3.63) is 60.8 Å². The van der Waals surface area contributed by atoms with Gasteiger partial charge in [0.15, 0.2) is 6.10 Å². The van der Waals surface area contributed by atoms with Crippen molar-refractivity contribution in [1.82, 2.24) is 0 Å². The van der Waals surface area contributed by atoms with E-state index in [1.807, 2.05) is 12.2 Å². The molecule has 0 rings (SSSR count). The number of rotatable bonds is 38. The Bertz CT molecular complexity index is 1090. The van der Waals surface area contributed by atoms with E-state index in [4.69, 9.17) is 14.2 Å². The molecule has 0 spiro atoms. The summed E-state index contributed by atoms with van der Waals surface area (Å²) in [5.41, 5.74) is 0. The zero-order chi connectivity index (χ0) is 40.7. The van der Waals surface area contributed by atoms with Gasteiger partial charge in [0.25, 0.3) is 0 Å². The molecule has 0 saturated heterocycles. The third-order valence-corrected chi connectivity index (χ3v) is 9.43. The summed E-state index contributed by atoms with van der Waals surface area (Å²) in [4.78, 5) is 36.8. The van der Waals surface area contributed by atoms with Crippen molar-refractivity contribution in [2.45, 2.75) is 180 Å². The predicted octanol–water partition coefficient (Wildman–Crippen LogP) is 10.5. The third-order valence-electron chi connectivity index (χ3n) is 9.43. The van der Waals surface area contributed by atoms with E-state index < -0.39 is 24.1 Å². The van der Waals surface area contributed by atoms with Crippen LogP contribution in [0.15, 0.2) is 60.8 Å². The summed E-state index contributed by atoms with van der Waals surface area (Å²) in [7, 11) is 5.38. The normalized spacial score (nSPS) is 13.5. The molecule has 0 radical (unpaired) electrons. The average Bonchev–Trinajstić information content (AvgIpc) is 3.14. The zero-order valence-corrected chi connectivity index (χ0v) is 35.8. The van der Waals surface area contributed by atoms with Crippen LogP contribution in [0, 0.1) is 0 Å². The molecule has 2 unspecified atom stereocenters. The summed E-state index contributed by atoms with van der Waals surface area (Å²) in [5.74, 6) is -1.84. The van der Waals surface area contributed by atoms with Crippen LogP contribution < -0.4 is 5.11 Å². The molecule has 0 bridgehead atoms. The summed E-state index contributed by atoms with van der Waals surface area (Å²) in [5, 5.41) is 11.6. The minimum Gasteiger partial charge on any atom is -0.544 e. The molecule has 2 atom stereocenters. The first kappa shape index (κ1) is 52.0. The second-order valence-electron chi connectivity index (χ2n) is 15.6. The van der Waals surface area contributed by atoms with Gasteiger partial charge in [0, 0.05) is 19.3 Å². The Balaban J connectivity index is 4.46. The highest BCUT2D eigenvalue weighted by Gasteiger charge is 2.25. The highest BCUT2D eigenvalue weighted by atomic mass is 16.6. The van der Waals surface area contributed by atoms with Gasteiger partial charge in [0.05, 0.1) is 40.3 Å². The van der Waals surface area contributed by atoms with Crippen molar-refractivity contribution in [2.75, 3.05) is 41.0 Å². The molecule has 0 saturated carbocycles. The molecular weight excluding hydrogens is 691 g/mol. The molecule has 0 aromatic heterocycles. The molecule has 0 aliphatic carbocycles. The fourth-order valence-corrected chi connectivity index (χ4v) is 6.06. The summed E-state index contributed by atoms with van der Waals surface area (Å²) in [6.45, 7) is 4.46. The first-order chi connectivity index (χ1) is 26.6. The molecule has 0 N–H and O–H groups in total. The molecule has 8 heteroatoms. The first-order valence-corrected chi connectivity index (χ1v) is 21.8. The number of unbranched alkanes of at least 4 members (excludes halogenated alkanes) is 14. The Labute approximate surface area is 337 Å². The number of hydrogen-bond donors (Lipinski definition) is 0. The predicted molar refractivity (Wildman–Crippen MR) is 226 cm³/mol. The number of hydrogen-bond acceptors (Lipinski definition) is 7. The molecule has 8 nitrogen and oxygen atoms in total. The molecule has 0 aromatic rings. The lowest BCUT2D eigenvalue weighted by molar-refractivity contribution is -0.889. The van der Waals surface area contributed by atoms with E-state index in [2.05, 4.69) is 62.5 Å². The number of esters is 2. The van der Waals surface area contributed by atoms with Crippen molar-refractivity contribution in [3.63, 3.8) is 0 Å². The van der Waals surface area contributed by atoms with E-state index in [1.165, 1.54) is 77.0 Å². The molecule has 0 heterocycles. The summed E-state index contributed by atoms with van der Waals surface area (Å²) < 4.78 is 17.1. The van der Waals surface area contributed by atoms with Gasteiger partial charge in [0.1, 0.15) is 12.6 Å². The Morgan fingerprint density at radius 2 is 1.02 bits per heavy atom. The monoisotopic (exact) mass is 772 g/mol. The molecule has 0 aliphatic heterocycles. The molecule has 0 amide bonds. The van der Waals surface area contributed by atoms with Gasteiger partial charge in [-0.15, -0.1) is 0 Å². The van der Waals surface area contributed by atoms with E-state index in [9.17, 15) is 19.5 Å². The van der Waals surface area contributed by atoms with Crippen LogP contribution in [-0.4, -0.2) is 75.5 Å². The van der Waals surface area contributed by atoms with Gasteiger partial charge in [-0.2, -0.15) is 0 Å². The largest absolute Gasteiger partial charge is 0.544 e. The summed E-state index contributed by atoms with van der Waals surface area (Å²) >= 11 is 0. The molecule has 316 valence electrons. The number of carboxylic acids is 1. The number of carbonyl (C=O) groups is 3. The lowest BCUT2D eigenvalue weighted by Gasteiger charge is -2.34. The zero-order valence-electron chi connectivity index (χ0n) is 35.8. The fraction of sp³-hybridized carbons (Fsp3) is 0.723. The third kappa shape index (κ3) is 36.4. The van der Waals surface area contributed by atoms with Gasteiger partial charge < -0.3 is 28.6 Å². The number of aliphatic carboxylic acids is 1. The molecule has 0 aromatic carbocycles. The van der Waals surface area contributed by atoms with Crippen LogP contribution >= 0.6 is 0 Å². The Hall–Kier alpha value is -2.97. The standard InChI is InChI=1S/C47H81NO7/c1-6-8-10-12-14-16-18-20-22-24-26-28-30-32-34-36-38-46(50)55-43(41-53-40-39-44(47(51)52)48(3,4)5)42-54-45(49)37-35-33-31-29-27-25-23-21-19-17-15-13-11-9-7-2/h8,10,14,16,20,22,26,28,32,34,43-44H,6-7,9,11-13,15,17-19,21,23-25,27,29-31,33,35-42H2,1-5H3/b10-8+,16-14+,22-20+,28-26+,34-32+. The number of carbonyl (C=O) groups excluding carboxylic acids is 3. The topological polar surface area (TPSA) is 102 Å². The lowest BCUT2D eigenvalue weighted by Crippen LogP contribution is -2.55. The quantitative estimate of drug-likeness (QED) is 0.0266. The minimum absolute atomic E-state index is 0.0105. The van der Waals surface area contributed by atoms with Gasteiger partial charge in [-0.25, -0.2) is 0 Å². The van der Waals surface area contributed by atoms with E-state index >= 15 is 0 Å². The van der Waals surface area contributed by atoms with Crippen molar-refractivity contribution in [2.24, 2.45) is 0 Å². The van der Waals surface area contributed by atoms with E-state index in [1.54, 1.807) is 21.1 Å². The van der Waals surface area contributed by atoms with Crippen LogP contribution in [0.2, 0.25) is 0 Å². The average molecular weight is 772 g/mol. The number of ether oxygens (including phenoxy) is 3. The smallest absolute Gasteiger partial charge is 0.306 e. The number of carboxylic acid groups (broad SMARTS) is 1. The molecular formula is C47H81NO7. The van der Waals surface area contributed by atoms with E-state index in [0.717, 1.165) is 51.4 Å². The van der Waals surface area contributed by atoms with Gasteiger partial charge in [-0.1, -0.05) is 164 Å². The van der Waals surface area contributed by atoms with Gasteiger partial charge in [0.2, 0.25) is 0 Å². The van der Waals surface area contributed by atoms with Crippen molar-refractivity contribution in [3.8, 4) is 0 Å². The second kappa shape index (κ2) is 37.9. The maximum Gasteiger partial charge on any atom is 0.306 e.